The van der Waals surface area contributed by atoms with Crippen molar-refractivity contribution in [2.24, 2.45) is 11.3 Å². The number of halogens is 2. The molecule has 1 unspecified atom stereocenters. The molecule has 0 N–H and O–H groups in total. The summed E-state index contributed by atoms with van der Waals surface area (Å²) in [6, 6.07) is 36.2. The molecular weight excluding hydrogens is 715 g/mol. The van der Waals surface area contributed by atoms with Gasteiger partial charge in [0.2, 0.25) is 0 Å². The Balaban J connectivity index is 0.000000262. The van der Waals surface area contributed by atoms with Gasteiger partial charge < -0.3 is 24.8 Å². The first kappa shape index (κ1) is 42.9. The fourth-order valence-corrected chi connectivity index (χ4v) is 6.63. The minimum atomic E-state index is 0. The van der Waals surface area contributed by atoms with E-state index in [1.165, 1.54) is 90.4 Å². The number of benzene rings is 4. The zero-order valence-corrected chi connectivity index (χ0v) is 35.2. The minimum absolute atomic E-state index is 0. The molecule has 3 heteroatoms. The standard InChI is InChI=1S/C21H25.C13H10.C12H19.2ClH.Zr/c1-20(2,3)16-9-7-14-11-15-8-10-17(21(4,5)6)13-19(15)18(14)12-16;1-3-7-12(8-4-1)11-13-9-5-2-6-10-13;1-5-6-10-7-8-11(9-10)12(2,3)4;;;/h7,9-10,12-13H,11H2,1-6H3;1-10H;8-10H,5-6H2,1-4H3;2*1H;/q-1;;-1;;;+2/p-2. The first-order valence-corrected chi connectivity index (χ1v) is 18.5. The molecule has 0 saturated heterocycles. The van der Waals surface area contributed by atoms with Gasteiger partial charge in [0.25, 0.3) is 0 Å². The molecule has 2 aliphatic rings. The van der Waals surface area contributed by atoms with Crippen LogP contribution < -0.4 is 24.8 Å². The molecule has 4 aromatic carbocycles. The number of rotatable bonds is 4. The summed E-state index contributed by atoms with van der Waals surface area (Å²) in [4.78, 5) is 0. The monoisotopic (exact) mass is 766 g/mol. The van der Waals surface area contributed by atoms with Gasteiger partial charge in [-0.1, -0.05) is 128 Å². The molecule has 0 aliphatic heterocycles. The third-order valence-electron chi connectivity index (χ3n) is 8.95. The predicted molar refractivity (Wildman–Crippen MR) is 201 cm³/mol. The first-order chi connectivity index (χ1) is 22.1. The molecule has 2 aliphatic carbocycles. The normalized spacial score (nSPS) is 14.4. The van der Waals surface area contributed by atoms with E-state index in [2.05, 4.69) is 185 Å². The third kappa shape index (κ3) is 11.9. The summed E-state index contributed by atoms with van der Waals surface area (Å²) in [5, 5.41) is 0. The average molecular weight is 769 g/mol. The zero-order chi connectivity index (χ0) is 34.4. The summed E-state index contributed by atoms with van der Waals surface area (Å²) >= 11 is 1.46. The molecule has 0 fully saturated rings. The van der Waals surface area contributed by atoms with Crippen molar-refractivity contribution in [2.45, 2.75) is 99.3 Å². The van der Waals surface area contributed by atoms with Gasteiger partial charge in [-0.25, -0.2) is 6.08 Å². The van der Waals surface area contributed by atoms with Crippen LogP contribution in [-0.2, 0) is 41.5 Å². The summed E-state index contributed by atoms with van der Waals surface area (Å²) in [5.41, 5.74) is 13.2. The van der Waals surface area contributed by atoms with Crippen LogP contribution in [0.25, 0.3) is 11.1 Å². The van der Waals surface area contributed by atoms with Crippen LogP contribution in [0.2, 0.25) is 0 Å². The van der Waals surface area contributed by atoms with Gasteiger partial charge in [-0.3, -0.25) is 6.08 Å². The molecule has 0 nitrogen and oxygen atoms in total. The molecule has 0 bridgehead atoms. The first-order valence-electron chi connectivity index (χ1n) is 17.3. The fraction of sp³-hybridized carbons (Fsp3) is 0.370. The van der Waals surface area contributed by atoms with E-state index < -0.39 is 0 Å². The van der Waals surface area contributed by atoms with Crippen LogP contribution in [-0.4, -0.2) is 3.21 Å². The quantitative estimate of drug-likeness (QED) is 0.191. The third-order valence-corrected chi connectivity index (χ3v) is 10.4. The summed E-state index contributed by atoms with van der Waals surface area (Å²) in [6.07, 6.45) is 11.5. The number of fused-ring (bicyclic) bond motifs is 3. The Morgan fingerprint density at radius 2 is 1.22 bits per heavy atom. The Bertz CT molecular complexity index is 1610. The van der Waals surface area contributed by atoms with Gasteiger partial charge in [-0.2, -0.15) is 41.0 Å². The molecule has 49 heavy (non-hydrogen) atoms. The second-order valence-corrected chi connectivity index (χ2v) is 17.2. The van der Waals surface area contributed by atoms with Crippen LogP contribution >= 0.6 is 0 Å². The van der Waals surface area contributed by atoms with Gasteiger partial charge >= 0.3 is 99.2 Å². The Kier molecular flexibility index (Phi) is 16.0. The van der Waals surface area contributed by atoms with Gasteiger partial charge in [0.15, 0.2) is 0 Å². The van der Waals surface area contributed by atoms with Crippen LogP contribution in [0.1, 0.15) is 115 Å². The van der Waals surface area contributed by atoms with Crippen molar-refractivity contribution in [1.29, 1.82) is 0 Å². The van der Waals surface area contributed by atoms with E-state index in [1.54, 1.807) is 0 Å². The van der Waals surface area contributed by atoms with Crippen molar-refractivity contribution in [3.8, 4) is 11.1 Å². The number of allylic oxidation sites excluding steroid dienone is 4. The molecule has 4 aromatic rings. The van der Waals surface area contributed by atoms with Crippen LogP contribution in [0.5, 0.6) is 0 Å². The Morgan fingerprint density at radius 1 is 0.694 bits per heavy atom. The van der Waals surface area contributed by atoms with Crippen molar-refractivity contribution in [1.82, 2.24) is 0 Å². The Morgan fingerprint density at radius 3 is 1.69 bits per heavy atom. The van der Waals surface area contributed by atoms with Crippen molar-refractivity contribution in [2.75, 3.05) is 0 Å². The van der Waals surface area contributed by atoms with E-state index in [0.29, 0.717) is 11.3 Å². The van der Waals surface area contributed by atoms with Gasteiger partial charge in [-0.05, 0) is 17.4 Å². The van der Waals surface area contributed by atoms with E-state index in [4.69, 9.17) is 0 Å². The second kappa shape index (κ2) is 18.3. The molecule has 0 heterocycles. The van der Waals surface area contributed by atoms with Crippen LogP contribution in [0.4, 0.5) is 0 Å². The molecule has 0 saturated carbocycles. The molecule has 1 atom stereocenters. The van der Waals surface area contributed by atoms with Crippen LogP contribution in [0.15, 0.2) is 109 Å². The van der Waals surface area contributed by atoms with Gasteiger partial charge in [0.05, 0.1) is 0 Å². The van der Waals surface area contributed by atoms with E-state index in [1.807, 2.05) is 0 Å². The van der Waals surface area contributed by atoms with Crippen molar-refractivity contribution >= 4 is 3.21 Å². The molecule has 0 amide bonds. The van der Waals surface area contributed by atoms with Crippen molar-refractivity contribution in [3.05, 3.63) is 154 Å². The van der Waals surface area contributed by atoms with Crippen LogP contribution in [0.3, 0.4) is 0 Å². The van der Waals surface area contributed by atoms with E-state index in [9.17, 15) is 0 Å². The molecule has 0 radical (unpaired) electrons. The van der Waals surface area contributed by atoms with E-state index in [0.717, 1.165) is 6.42 Å². The average Bonchev–Trinajstić information content (AvgIpc) is 3.66. The van der Waals surface area contributed by atoms with Gasteiger partial charge in [0, 0.05) is 0 Å². The topological polar surface area (TPSA) is 0 Å². The van der Waals surface area contributed by atoms with Crippen molar-refractivity contribution in [3.63, 3.8) is 0 Å². The molecule has 0 aromatic heterocycles. The molecule has 0 spiro atoms. The SMILES string of the molecule is CC(C)(C)c1c[c-]c2c(c1)-c1cc(C(C)(C)C)ccc1C2.CCCC1[C-]=CC(C(C)(C)C)=C1.[Cl-].[Cl-].[Zr+2]=[C](c1ccccc1)c1ccccc1. The summed E-state index contributed by atoms with van der Waals surface area (Å²) in [6.45, 7) is 22.6. The fourth-order valence-electron chi connectivity index (χ4n) is 5.82. The van der Waals surface area contributed by atoms with Crippen molar-refractivity contribution < 1.29 is 49.0 Å². The molecule has 258 valence electrons. The molecule has 6 rings (SSSR count). The van der Waals surface area contributed by atoms with Crippen LogP contribution in [0, 0.1) is 23.5 Å². The predicted octanol–water partition coefficient (Wildman–Crippen LogP) is 6.21. The van der Waals surface area contributed by atoms with E-state index >= 15 is 0 Å². The molecular formula is C46H54Cl2Zr-2. The van der Waals surface area contributed by atoms with Gasteiger partial charge in [-0.15, -0.1) is 5.56 Å². The summed E-state index contributed by atoms with van der Waals surface area (Å²) < 4.78 is 1.42. The number of hydrogen-bond donors (Lipinski definition) is 0. The zero-order valence-electron chi connectivity index (χ0n) is 31.3. The summed E-state index contributed by atoms with van der Waals surface area (Å²) in [5.74, 6) is 0.587. The summed E-state index contributed by atoms with van der Waals surface area (Å²) in [7, 11) is 0. The number of hydrogen-bond acceptors (Lipinski definition) is 0. The maximum atomic E-state index is 3.53. The van der Waals surface area contributed by atoms with E-state index in [-0.39, 0.29) is 35.6 Å². The Hall–Kier alpha value is -2.31. The maximum absolute atomic E-state index is 3.53. The second-order valence-electron chi connectivity index (χ2n) is 16.0. The Labute approximate surface area is 326 Å². The van der Waals surface area contributed by atoms with Gasteiger partial charge in [0.1, 0.15) is 0 Å².